The Bertz CT molecular complexity index is 1500. The average molecular weight is 548 g/mol. The number of carbonyl (C=O) groups excluding carboxylic acids is 2. The van der Waals surface area contributed by atoms with Gasteiger partial charge in [-0.1, -0.05) is 84.9 Å². The Hall–Kier alpha value is -4.58. The van der Waals surface area contributed by atoms with E-state index in [1.807, 2.05) is 91.0 Å². The van der Waals surface area contributed by atoms with Crippen molar-refractivity contribution in [2.24, 2.45) is 11.8 Å². The monoisotopic (exact) mass is 547 g/mol. The van der Waals surface area contributed by atoms with Gasteiger partial charge in [-0.15, -0.1) is 0 Å². The largest absolute Gasteiger partial charge is 0.497 e. The zero-order chi connectivity index (χ0) is 28.4. The van der Waals surface area contributed by atoms with Gasteiger partial charge >= 0.3 is 11.9 Å². The minimum absolute atomic E-state index is 0.0697. The van der Waals surface area contributed by atoms with Gasteiger partial charge in [0.25, 0.3) is 0 Å². The fourth-order valence-electron chi connectivity index (χ4n) is 6.48. The lowest BCUT2D eigenvalue weighted by Gasteiger charge is -2.46. The molecular formula is C35H33NO5. The van der Waals surface area contributed by atoms with E-state index < -0.39 is 29.3 Å². The maximum atomic E-state index is 14.0. The number of nitrogens with one attached hydrogen (secondary N) is 1. The molecule has 6 nitrogen and oxygen atoms in total. The Morgan fingerprint density at radius 3 is 2.02 bits per heavy atom. The van der Waals surface area contributed by atoms with Gasteiger partial charge in [0.1, 0.15) is 19.0 Å². The Morgan fingerprint density at radius 1 is 0.829 bits per heavy atom. The number of benzene rings is 4. The molecule has 1 N–H and O–H groups in total. The number of ether oxygens (including phenoxy) is 3. The summed E-state index contributed by atoms with van der Waals surface area (Å²) < 4.78 is 17.3. The van der Waals surface area contributed by atoms with Crippen LogP contribution in [-0.2, 0) is 44.2 Å². The van der Waals surface area contributed by atoms with Gasteiger partial charge in [-0.05, 0) is 65.3 Å². The van der Waals surface area contributed by atoms with Crippen LogP contribution in [0.2, 0.25) is 0 Å². The Balaban J connectivity index is 1.42. The van der Waals surface area contributed by atoms with Crippen molar-refractivity contribution in [1.82, 2.24) is 0 Å². The van der Waals surface area contributed by atoms with Crippen LogP contribution in [0, 0.1) is 11.8 Å². The van der Waals surface area contributed by atoms with E-state index in [2.05, 4.69) is 24.4 Å². The molecule has 1 unspecified atom stereocenters. The summed E-state index contributed by atoms with van der Waals surface area (Å²) in [7, 11) is 1.61. The van der Waals surface area contributed by atoms with Crippen LogP contribution in [0.4, 0.5) is 5.69 Å². The van der Waals surface area contributed by atoms with E-state index >= 15 is 0 Å². The molecule has 0 saturated heterocycles. The standard InChI is InChI=1S/C35H33NO5/c1-35-28-16-10-9-15-25(28)19-29(35)31(27-20-26(39-2)17-18-30(27)36-35)32(33(37)40-21-23-11-5-3-6-12-23)34(38)41-22-24-13-7-4-8-14-24/h3-18,20,29,31-32,36H,19,21-22H2,1-2H3/t29-,31?,35+/m0/s1. The molecule has 6 rings (SSSR count). The molecule has 0 spiro atoms. The number of fused-ring (bicyclic) bond motifs is 4. The summed E-state index contributed by atoms with van der Waals surface area (Å²) in [4.78, 5) is 28.0. The van der Waals surface area contributed by atoms with E-state index in [4.69, 9.17) is 14.2 Å². The molecule has 1 aliphatic carbocycles. The van der Waals surface area contributed by atoms with Crippen molar-refractivity contribution in [3.05, 3.63) is 131 Å². The molecule has 0 radical (unpaired) electrons. The minimum atomic E-state index is -1.17. The number of anilines is 1. The number of rotatable bonds is 8. The summed E-state index contributed by atoms with van der Waals surface area (Å²) in [6.45, 7) is 2.30. The first kappa shape index (κ1) is 26.6. The summed E-state index contributed by atoms with van der Waals surface area (Å²) in [6, 6.07) is 33.1. The Kier molecular flexibility index (Phi) is 7.23. The second kappa shape index (κ2) is 11.1. The highest BCUT2D eigenvalue weighted by atomic mass is 16.6. The first-order chi connectivity index (χ1) is 20.0. The lowest BCUT2D eigenvalue weighted by atomic mass is 9.65. The highest BCUT2D eigenvalue weighted by Gasteiger charge is 2.56. The highest BCUT2D eigenvalue weighted by molar-refractivity contribution is 5.97. The topological polar surface area (TPSA) is 73.9 Å². The van der Waals surface area contributed by atoms with Crippen LogP contribution in [-0.4, -0.2) is 19.0 Å². The molecular weight excluding hydrogens is 514 g/mol. The zero-order valence-corrected chi connectivity index (χ0v) is 23.2. The van der Waals surface area contributed by atoms with Gasteiger partial charge in [-0.25, -0.2) is 0 Å². The minimum Gasteiger partial charge on any atom is -0.497 e. The normalized spacial score (nSPS) is 20.3. The van der Waals surface area contributed by atoms with Gasteiger partial charge in [0.15, 0.2) is 5.92 Å². The summed E-state index contributed by atoms with van der Waals surface area (Å²) >= 11 is 0. The van der Waals surface area contributed by atoms with E-state index in [1.54, 1.807) is 7.11 Å². The van der Waals surface area contributed by atoms with E-state index in [0.29, 0.717) is 12.2 Å². The van der Waals surface area contributed by atoms with Gasteiger partial charge in [0.2, 0.25) is 0 Å². The van der Waals surface area contributed by atoms with Gasteiger partial charge in [-0.3, -0.25) is 9.59 Å². The molecule has 1 heterocycles. The molecule has 0 fully saturated rings. The van der Waals surface area contributed by atoms with Crippen molar-refractivity contribution in [2.75, 3.05) is 12.4 Å². The predicted molar refractivity (Wildman–Crippen MR) is 156 cm³/mol. The third kappa shape index (κ3) is 5.06. The molecule has 6 heteroatoms. The summed E-state index contributed by atoms with van der Waals surface area (Å²) in [5.41, 5.74) is 5.28. The second-order valence-corrected chi connectivity index (χ2v) is 10.9. The molecule has 0 amide bonds. The van der Waals surface area contributed by atoms with Crippen molar-refractivity contribution in [2.45, 2.75) is 38.0 Å². The van der Waals surface area contributed by atoms with Crippen LogP contribution in [0.5, 0.6) is 5.75 Å². The van der Waals surface area contributed by atoms with Crippen molar-refractivity contribution in [3.63, 3.8) is 0 Å². The van der Waals surface area contributed by atoms with E-state index in [1.165, 1.54) is 11.1 Å². The quantitative estimate of drug-likeness (QED) is 0.203. The second-order valence-electron chi connectivity index (χ2n) is 10.9. The van der Waals surface area contributed by atoms with Gasteiger partial charge in [0.05, 0.1) is 12.6 Å². The number of carbonyl (C=O) groups is 2. The first-order valence-electron chi connectivity index (χ1n) is 13.9. The third-order valence-corrected chi connectivity index (χ3v) is 8.52. The summed E-state index contributed by atoms with van der Waals surface area (Å²) in [5.74, 6) is -2.32. The highest BCUT2D eigenvalue weighted by Crippen LogP contribution is 2.57. The van der Waals surface area contributed by atoms with Gasteiger partial charge < -0.3 is 19.5 Å². The maximum absolute atomic E-state index is 14.0. The van der Waals surface area contributed by atoms with Crippen molar-refractivity contribution < 1.29 is 23.8 Å². The molecule has 0 saturated carbocycles. The van der Waals surface area contributed by atoms with Crippen molar-refractivity contribution in [1.29, 1.82) is 0 Å². The number of hydrogen-bond acceptors (Lipinski definition) is 6. The summed E-state index contributed by atoms with van der Waals surface area (Å²) in [6.07, 6.45) is 0.704. The molecule has 0 aromatic heterocycles. The van der Waals surface area contributed by atoms with E-state index in [-0.39, 0.29) is 19.1 Å². The van der Waals surface area contributed by atoms with Crippen LogP contribution >= 0.6 is 0 Å². The van der Waals surface area contributed by atoms with Crippen LogP contribution in [0.1, 0.15) is 40.7 Å². The van der Waals surface area contributed by atoms with Crippen LogP contribution in [0.15, 0.2) is 103 Å². The number of esters is 2. The molecule has 4 aromatic carbocycles. The lowest BCUT2D eigenvalue weighted by molar-refractivity contribution is -0.166. The molecule has 4 aromatic rings. The molecule has 0 bridgehead atoms. The van der Waals surface area contributed by atoms with Crippen molar-refractivity contribution in [3.8, 4) is 5.75 Å². The fourth-order valence-corrected chi connectivity index (χ4v) is 6.48. The smallest absolute Gasteiger partial charge is 0.321 e. The van der Waals surface area contributed by atoms with Crippen molar-refractivity contribution >= 4 is 17.6 Å². The van der Waals surface area contributed by atoms with Crippen LogP contribution in [0.3, 0.4) is 0 Å². The molecule has 41 heavy (non-hydrogen) atoms. The SMILES string of the molecule is COc1ccc2c(c1)C(C(C(=O)OCc1ccccc1)C(=O)OCc1ccccc1)[C@@H]1Cc3ccccc3[C@@]1(C)N2. The van der Waals surface area contributed by atoms with Gasteiger partial charge in [-0.2, -0.15) is 0 Å². The molecule has 208 valence electrons. The van der Waals surface area contributed by atoms with Gasteiger partial charge in [0, 0.05) is 11.6 Å². The van der Waals surface area contributed by atoms with Crippen LogP contribution < -0.4 is 10.1 Å². The molecule has 1 aliphatic heterocycles. The number of methoxy groups -OCH3 is 1. The zero-order valence-electron chi connectivity index (χ0n) is 23.2. The Labute approximate surface area is 240 Å². The first-order valence-corrected chi connectivity index (χ1v) is 13.9. The maximum Gasteiger partial charge on any atom is 0.321 e. The molecule has 2 aliphatic rings. The van der Waals surface area contributed by atoms with E-state index in [9.17, 15) is 9.59 Å². The predicted octanol–water partition coefficient (Wildman–Crippen LogP) is 6.40. The summed E-state index contributed by atoms with van der Waals surface area (Å²) in [5, 5.41) is 3.76. The fraction of sp³-hybridized carbons (Fsp3) is 0.257. The average Bonchev–Trinajstić information content (AvgIpc) is 3.31. The van der Waals surface area contributed by atoms with E-state index in [0.717, 1.165) is 22.4 Å². The molecule has 3 atom stereocenters. The lowest BCUT2D eigenvalue weighted by Crippen LogP contribution is -2.48. The third-order valence-electron chi connectivity index (χ3n) is 8.52. The van der Waals surface area contributed by atoms with Crippen LogP contribution in [0.25, 0.3) is 0 Å². The number of hydrogen-bond donors (Lipinski definition) is 1. The Morgan fingerprint density at radius 2 is 1.41 bits per heavy atom.